The molecule has 19 heterocycles. The Morgan fingerprint density at radius 2 is 0.931 bits per heavy atom. The molecule has 16 aromatic rings. The first-order chi connectivity index (χ1) is 55.8. The van der Waals surface area contributed by atoms with E-state index < -0.39 is 80.2 Å². The highest BCUT2D eigenvalue weighted by atomic mass is 16.6. The minimum absolute atomic E-state index is 0.166. The lowest BCUT2D eigenvalue weighted by atomic mass is 10.1. The topological polar surface area (TPSA) is 764 Å². The van der Waals surface area contributed by atoms with Crippen molar-refractivity contribution in [2.24, 2.45) is 28.2 Å². The molecule has 19 rings (SSSR count). The minimum Gasteiger partial charge on any atom is -0.394 e. The van der Waals surface area contributed by atoms with Crippen molar-refractivity contribution in [1.82, 2.24) is 157 Å². The van der Waals surface area contributed by atoms with E-state index in [1.165, 1.54) is 84.9 Å². The van der Waals surface area contributed by atoms with Gasteiger partial charge in [0, 0.05) is 49.5 Å². The molecule has 610 valence electrons. The van der Waals surface area contributed by atoms with Gasteiger partial charge < -0.3 is 126 Å². The van der Waals surface area contributed by atoms with Crippen LogP contribution < -0.4 is 50.3 Å². The Hall–Kier alpha value is -13.9. The molecule has 0 spiro atoms. The first kappa shape index (κ1) is 81.6. The fourth-order valence-electron chi connectivity index (χ4n) is 12.0. The molecule has 0 aliphatic carbocycles. The maximum absolute atomic E-state index is 11.4. The van der Waals surface area contributed by atoms with Gasteiger partial charge in [0.05, 0.1) is 89.4 Å². The van der Waals surface area contributed by atoms with Gasteiger partial charge in [-0.15, -0.1) is 0 Å². The van der Waals surface area contributed by atoms with Crippen LogP contribution in [0, 0.1) is 23.2 Å². The molecule has 0 amide bonds. The second-order valence-electron chi connectivity index (χ2n) is 25.2. The number of hydrogen-bond donors (Lipinski definition) is 20. The number of ether oxygens (including phenoxy) is 5. The van der Waals surface area contributed by atoms with Crippen LogP contribution in [-0.2, 0) is 51.9 Å². The second kappa shape index (κ2) is 35.4. The summed E-state index contributed by atoms with van der Waals surface area (Å²) in [5.41, 5.74) is 31.9. The summed E-state index contributed by atoms with van der Waals surface area (Å²) < 4.78 is 37.9. The Morgan fingerprint density at radius 1 is 0.448 bits per heavy atom. The highest BCUT2D eigenvalue weighted by Gasteiger charge is 2.47. The minimum atomic E-state index is -1.20. The number of nitrogens with zero attached hydrogens (tertiary/aromatic N) is 27. The van der Waals surface area contributed by atoms with Crippen LogP contribution in [-0.4, -0.2) is 288 Å². The molecule has 3 aliphatic heterocycles. The molecular weight excluding hydrogens is 1520 g/mol. The number of imidazole rings is 8. The number of hydrogen-bond acceptors (Lipinski definition) is 41. The normalized spacial score (nSPS) is 20.7. The molecule has 53 heteroatoms. The molecule has 0 saturated carbocycles. The zero-order valence-corrected chi connectivity index (χ0v) is 62.6. The second-order valence-corrected chi connectivity index (χ2v) is 25.2. The SMILES string of the molecule is CNc1ncnc2nc[nH]c12.CO[C@@H]1[C@H](O)[C@@H](CO)O[C@H]1n1cnc2c(N)ncnc21.CO[C@H]1[C@@H](O)[C@H](n2cnc3c(N)ncnc32)O[C@@H]1CO.Cc1nc(N)c2[nH]cnc2n1.Cn1c(N)nc2nc[nH]c2c1=O.Cn1cnc(=N)c2[nH]cnc21.Cn1cnc2c(ncn2[C@@H]2O[C@H](CO)[C@@H](O)[C@H]2O)c1=N.Cn1cnc2nc[nH]c2c1=N. The smallest absolute Gasteiger partial charge is 0.280 e. The van der Waals surface area contributed by atoms with E-state index in [0.717, 1.165) is 17.0 Å². The number of nitrogens with one attached hydrogen (secondary N) is 9. The van der Waals surface area contributed by atoms with Crippen LogP contribution >= 0.6 is 0 Å². The number of rotatable bonds is 9. The number of aliphatic hydroxyl groups excluding tert-OH is 7. The van der Waals surface area contributed by atoms with Gasteiger partial charge >= 0.3 is 0 Å². The highest BCUT2D eigenvalue weighted by molar-refractivity contribution is 5.83. The van der Waals surface area contributed by atoms with E-state index >= 15 is 0 Å². The van der Waals surface area contributed by atoms with Crippen molar-refractivity contribution in [2.75, 3.05) is 69.3 Å². The molecule has 0 radical (unpaired) electrons. The Bertz CT molecular complexity index is 6300. The van der Waals surface area contributed by atoms with E-state index in [0.29, 0.717) is 95.3 Å². The van der Waals surface area contributed by atoms with Gasteiger partial charge in [-0.2, -0.15) is 4.98 Å². The highest BCUT2D eigenvalue weighted by Crippen LogP contribution is 2.36. The number of nitrogen functional groups attached to an aromatic ring is 4. The van der Waals surface area contributed by atoms with Gasteiger partial charge in [0.2, 0.25) is 5.95 Å². The number of aromatic nitrogens is 32. The maximum atomic E-state index is 11.4. The number of fused-ring (bicyclic) bond motifs is 8. The monoisotopic (exact) mass is 1600 g/mol. The lowest BCUT2D eigenvalue weighted by Gasteiger charge is -2.19. The molecule has 3 fully saturated rings. The summed E-state index contributed by atoms with van der Waals surface area (Å²) in [6.45, 7) is 0.828. The summed E-state index contributed by atoms with van der Waals surface area (Å²) in [5.74, 6) is 2.54. The predicted molar refractivity (Wildman–Crippen MR) is 403 cm³/mol. The van der Waals surface area contributed by atoms with E-state index in [1.54, 1.807) is 78.0 Å². The number of anilines is 5. The predicted octanol–water partition coefficient (Wildman–Crippen LogP) is -5.36. The largest absolute Gasteiger partial charge is 0.394 e. The molecule has 3 aliphatic rings. The maximum Gasteiger partial charge on any atom is 0.280 e. The van der Waals surface area contributed by atoms with Gasteiger partial charge in [0.1, 0.15) is 118 Å². The Morgan fingerprint density at radius 3 is 1.53 bits per heavy atom. The van der Waals surface area contributed by atoms with E-state index in [1.807, 2.05) is 14.1 Å². The van der Waals surface area contributed by atoms with Crippen molar-refractivity contribution in [2.45, 2.75) is 80.5 Å². The molecule has 12 atom stereocenters. The zero-order chi connectivity index (χ0) is 82.9. The van der Waals surface area contributed by atoms with Crippen LogP contribution in [0.5, 0.6) is 0 Å². The zero-order valence-electron chi connectivity index (χ0n) is 62.6. The number of methoxy groups -OCH3 is 2. The van der Waals surface area contributed by atoms with E-state index in [-0.39, 0.29) is 47.3 Å². The molecular formula is C63H80N40O13. The molecule has 53 nitrogen and oxygen atoms in total. The van der Waals surface area contributed by atoms with Gasteiger partial charge in [-0.25, -0.2) is 94.7 Å². The van der Waals surface area contributed by atoms with Gasteiger partial charge in [-0.05, 0) is 6.92 Å². The van der Waals surface area contributed by atoms with Crippen molar-refractivity contribution < 1.29 is 59.4 Å². The summed E-state index contributed by atoms with van der Waals surface area (Å²) in [5, 5.41) is 93.4. The van der Waals surface area contributed by atoms with Crippen LogP contribution in [0.4, 0.5) is 29.2 Å². The summed E-state index contributed by atoms with van der Waals surface area (Å²) in [7, 11) is 11.6. The fraction of sp³-hybridized carbons (Fsp3) is 0.365. The number of H-pyrrole nitrogens is 5. The Kier molecular flexibility index (Phi) is 24.9. The summed E-state index contributed by atoms with van der Waals surface area (Å²) >= 11 is 0. The van der Waals surface area contributed by atoms with Gasteiger partial charge in [-0.1, -0.05) is 0 Å². The fourth-order valence-corrected chi connectivity index (χ4v) is 12.0. The van der Waals surface area contributed by atoms with Gasteiger partial charge in [-0.3, -0.25) is 39.3 Å². The Balaban J connectivity index is 0.000000124. The quantitative estimate of drug-likeness (QED) is 0.0641. The molecule has 0 unspecified atom stereocenters. The summed E-state index contributed by atoms with van der Waals surface area (Å²) in [6.07, 6.45) is 10.7. The van der Waals surface area contributed by atoms with Crippen LogP contribution in [0.25, 0.3) is 89.3 Å². The lowest BCUT2D eigenvalue weighted by Crippen LogP contribution is -2.35. The first-order valence-corrected chi connectivity index (χ1v) is 34.4. The molecule has 16 aromatic heterocycles. The van der Waals surface area contributed by atoms with Gasteiger partial charge in [0.25, 0.3) is 5.56 Å². The van der Waals surface area contributed by atoms with Crippen LogP contribution in [0.3, 0.4) is 0 Å². The van der Waals surface area contributed by atoms with Crippen molar-refractivity contribution in [3.05, 3.63) is 121 Å². The standard InChI is InChI=1S/3C11H15N5O4.C6H7N5O.4C6H7N5/c1-19-8-5(2-17)20-11(7(8)18)16-4-15-6-9(12)13-3-14-10(6)16;1-15-3-14-10-6(9(15)12)13-4-16(10)11-8(19)7(18)5(2-17)20-11;1-19-8-7(18)5(2-17)20-11(8)16-4-15-6-9(12)13-3-14-10(6)16;1-11-5(12)3-4(9-2-8-3)10-6(11)7;1-11-3-10-6-4(5(11)7)8-2-9-6;1-11-3-10-5(7)4-6(11)9-2-8-4;1-7-5-4-6(10-2-8-4)11-3-9-5;1-3-10-5(7)4-6(11-3)9-2-8-4/h3-5,7-8,11,17-18H,2H2,1H3,(H2,12,13,14);3-5,7-8,11-12,17-19H,2H2,1H3;3-5,7-8,11,17-18H,2H2,1H3,(H2,12,13,14);2H,1H3,(H2,7,10)(H,8,9);2*2-3,7H,1H3,(H,8,9);2-3H,1H3,(H2,7,8,9,10,11);2H,1H3,(H3,7,8,9,10,11)/t3*5-,7-,8-,11-;;;;;/m111...../s1. The third-order valence-corrected chi connectivity index (χ3v) is 18.0. The van der Waals surface area contributed by atoms with Crippen molar-refractivity contribution in [1.29, 1.82) is 16.2 Å². The summed E-state index contributed by atoms with van der Waals surface area (Å²) in [4.78, 5) is 105. The van der Waals surface area contributed by atoms with E-state index in [9.17, 15) is 35.4 Å². The van der Waals surface area contributed by atoms with E-state index in [4.69, 9.17) is 68.0 Å². The third-order valence-electron chi connectivity index (χ3n) is 18.0. The third kappa shape index (κ3) is 16.5. The van der Waals surface area contributed by atoms with Crippen molar-refractivity contribution in [3.8, 4) is 0 Å². The van der Waals surface area contributed by atoms with Gasteiger partial charge in [0.15, 0.2) is 109 Å². The average Bonchev–Trinajstić information content (AvgIpc) is 1.63. The van der Waals surface area contributed by atoms with Crippen molar-refractivity contribution >= 4 is 119 Å². The Labute approximate surface area is 647 Å². The van der Waals surface area contributed by atoms with E-state index in [2.05, 4.69) is 130 Å². The average molecular weight is 1610 g/mol. The van der Waals surface area contributed by atoms with Crippen LogP contribution in [0.2, 0.25) is 0 Å². The molecule has 116 heavy (non-hydrogen) atoms. The molecule has 0 aromatic carbocycles. The molecule has 3 saturated heterocycles. The first-order valence-electron chi connectivity index (χ1n) is 34.4. The lowest BCUT2D eigenvalue weighted by molar-refractivity contribution is -0.0583. The number of nitrogens with two attached hydrogens (primary N) is 4. The summed E-state index contributed by atoms with van der Waals surface area (Å²) in [6, 6.07) is 0. The van der Waals surface area contributed by atoms with Crippen molar-refractivity contribution in [3.63, 3.8) is 0 Å². The number of aromatic amines is 5. The molecule has 0 bridgehead atoms. The number of aliphatic hydroxyl groups is 7. The van der Waals surface area contributed by atoms with Crippen LogP contribution in [0.1, 0.15) is 24.5 Å². The van der Waals surface area contributed by atoms with Crippen LogP contribution in [0.15, 0.2) is 93.4 Å². The number of aryl methyl sites for hydroxylation is 4. The molecule has 24 N–H and O–H groups in total.